The summed E-state index contributed by atoms with van der Waals surface area (Å²) in [6.07, 6.45) is 2.93. The van der Waals surface area contributed by atoms with Crippen LogP contribution in [0.25, 0.3) is 0 Å². The van der Waals surface area contributed by atoms with Gasteiger partial charge in [-0.2, -0.15) is 0 Å². The molecule has 0 radical (unpaired) electrons. The van der Waals surface area contributed by atoms with Crippen molar-refractivity contribution in [2.24, 2.45) is 0 Å². The van der Waals surface area contributed by atoms with Crippen molar-refractivity contribution in [2.45, 2.75) is 17.2 Å². The quantitative estimate of drug-likeness (QED) is 0.548. The number of phenolic OH excluding ortho intramolecular Hbond substituents is 2. The molecular formula is C17H20BrNO2S. The van der Waals surface area contributed by atoms with Crippen LogP contribution in [0, 0.1) is 0 Å². The topological polar surface area (TPSA) is 52.5 Å². The second-order valence-electron chi connectivity index (χ2n) is 5.32. The Kier molecular flexibility index (Phi) is 5.78. The van der Waals surface area contributed by atoms with Gasteiger partial charge in [-0.15, -0.1) is 28.7 Å². The lowest BCUT2D eigenvalue weighted by atomic mass is 9.88. The highest BCUT2D eigenvalue weighted by Crippen LogP contribution is 2.36. The van der Waals surface area contributed by atoms with Crippen molar-refractivity contribution in [3.05, 3.63) is 53.1 Å². The molecule has 1 aliphatic rings. The number of hydrogen-bond donors (Lipinski definition) is 3. The molecule has 0 aliphatic carbocycles. The van der Waals surface area contributed by atoms with E-state index in [1.165, 1.54) is 10.5 Å². The van der Waals surface area contributed by atoms with Crippen LogP contribution in [-0.4, -0.2) is 29.6 Å². The van der Waals surface area contributed by atoms with Crippen molar-refractivity contribution in [1.82, 2.24) is 5.32 Å². The van der Waals surface area contributed by atoms with E-state index in [2.05, 4.69) is 35.8 Å². The predicted octanol–water partition coefficient (Wildman–Crippen LogP) is 3.68. The molecule has 1 unspecified atom stereocenters. The second-order valence-corrected chi connectivity index (χ2v) is 6.20. The molecule has 3 nitrogen and oxygen atoms in total. The molecule has 2 aromatic carbocycles. The normalized spacial score (nSPS) is 17.2. The summed E-state index contributed by atoms with van der Waals surface area (Å²) in [4.78, 5) is 1.24. The molecule has 3 N–H and O–H groups in total. The smallest absolute Gasteiger partial charge is 0.157 e. The van der Waals surface area contributed by atoms with Crippen molar-refractivity contribution < 1.29 is 10.2 Å². The van der Waals surface area contributed by atoms with Crippen molar-refractivity contribution in [3.8, 4) is 11.5 Å². The highest BCUT2D eigenvalue weighted by molar-refractivity contribution is 8.93. The zero-order valence-corrected chi connectivity index (χ0v) is 14.9. The van der Waals surface area contributed by atoms with E-state index in [1.54, 1.807) is 23.9 Å². The van der Waals surface area contributed by atoms with Crippen molar-refractivity contribution in [2.75, 3.05) is 19.3 Å². The van der Waals surface area contributed by atoms with Crippen LogP contribution in [0.3, 0.4) is 0 Å². The average Bonchev–Trinajstić information content (AvgIpc) is 2.70. The fourth-order valence-corrected chi connectivity index (χ4v) is 3.30. The number of thioether (sulfide) groups is 1. The monoisotopic (exact) mass is 381 g/mol. The average molecular weight is 382 g/mol. The van der Waals surface area contributed by atoms with E-state index in [0.29, 0.717) is 0 Å². The first-order chi connectivity index (χ1) is 10.2. The van der Waals surface area contributed by atoms with E-state index < -0.39 is 0 Å². The maximum absolute atomic E-state index is 9.84. The molecular weight excluding hydrogens is 362 g/mol. The Bertz CT molecular complexity index is 646. The Hall–Kier alpha value is -1.17. The van der Waals surface area contributed by atoms with E-state index in [4.69, 9.17) is 0 Å². The number of fused-ring (bicyclic) bond motifs is 1. The van der Waals surface area contributed by atoms with E-state index >= 15 is 0 Å². The fourth-order valence-electron chi connectivity index (χ4n) is 2.89. The lowest BCUT2D eigenvalue weighted by Crippen LogP contribution is -2.20. The van der Waals surface area contributed by atoms with Crippen LogP contribution >= 0.6 is 28.7 Å². The fraction of sp³-hybridized carbons (Fsp3) is 0.294. The van der Waals surface area contributed by atoms with Gasteiger partial charge >= 0.3 is 0 Å². The van der Waals surface area contributed by atoms with Gasteiger partial charge in [-0.3, -0.25) is 0 Å². The Labute approximate surface area is 145 Å². The highest BCUT2D eigenvalue weighted by atomic mass is 79.9. The molecule has 1 atom stereocenters. The van der Waals surface area contributed by atoms with Gasteiger partial charge in [0.2, 0.25) is 0 Å². The third kappa shape index (κ3) is 3.42. The Morgan fingerprint density at radius 2 is 1.77 bits per heavy atom. The van der Waals surface area contributed by atoms with Crippen LogP contribution < -0.4 is 5.32 Å². The predicted molar refractivity (Wildman–Crippen MR) is 96.7 cm³/mol. The van der Waals surface area contributed by atoms with Crippen molar-refractivity contribution in [3.63, 3.8) is 0 Å². The number of halogens is 1. The number of nitrogens with one attached hydrogen (secondary N) is 1. The van der Waals surface area contributed by atoms with Crippen LogP contribution in [0.5, 0.6) is 11.5 Å². The van der Waals surface area contributed by atoms with Gasteiger partial charge in [0.25, 0.3) is 0 Å². The summed E-state index contributed by atoms with van der Waals surface area (Å²) >= 11 is 1.73. The van der Waals surface area contributed by atoms with Crippen molar-refractivity contribution in [1.29, 1.82) is 0 Å². The molecule has 1 heterocycles. The van der Waals surface area contributed by atoms with E-state index in [1.807, 2.05) is 0 Å². The minimum absolute atomic E-state index is 0. The van der Waals surface area contributed by atoms with Gasteiger partial charge in [0.05, 0.1) is 0 Å². The summed E-state index contributed by atoms with van der Waals surface area (Å²) in [5.41, 5.74) is 3.44. The van der Waals surface area contributed by atoms with Crippen molar-refractivity contribution >= 4 is 28.7 Å². The van der Waals surface area contributed by atoms with E-state index in [-0.39, 0.29) is 34.4 Å². The Balaban J connectivity index is 0.00000176. The number of rotatable bonds is 2. The maximum atomic E-state index is 9.84. The first-order valence-corrected chi connectivity index (χ1v) is 8.31. The summed E-state index contributed by atoms with van der Waals surface area (Å²) in [5.74, 6) is 0.124. The lowest BCUT2D eigenvalue weighted by Gasteiger charge is -2.19. The molecule has 0 saturated carbocycles. The molecule has 0 bridgehead atoms. The van der Waals surface area contributed by atoms with Crippen LogP contribution in [0.1, 0.15) is 22.6 Å². The summed E-state index contributed by atoms with van der Waals surface area (Å²) in [6, 6.07) is 12.0. The third-order valence-corrected chi connectivity index (χ3v) is 4.79. The number of benzene rings is 2. The third-order valence-electron chi connectivity index (χ3n) is 4.05. The molecule has 5 heteroatoms. The summed E-state index contributed by atoms with van der Waals surface area (Å²) in [5, 5.41) is 23.0. The van der Waals surface area contributed by atoms with Crippen LogP contribution in [-0.2, 0) is 6.42 Å². The van der Waals surface area contributed by atoms with E-state index in [0.717, 1.165) is 30.6 Å². The zero-order chi connectivity index (χ0) is 14.8. The van der Waals surface area contributed by atoms with Crippen LogP contribution in [0.15, 0.2) is 41.3 Å². The van der Waals surface area contributed by atoms with Gasteiger partial charge in [-0.25, -0.2) is 0 Å². The van der Waals surface area contributed by atoms with Crippen LogP contribution in [0.2, 0.25) is 0 Å². The van der Waals surface area contributed by atoms with E-state index in [9.17, 15) is 10.2 Å². The minimum Gasteiger partial charge on any atom is -0.504 e. The summed E-state index contributed by atoms with van der Waals surface area (Å²) in [7, 11) is 0. The number of phenols is 2. The number of aromatic hydroxyl groups is 2. The standard InChI is InChI=1S/C17H19NO2S.BrH/c1-21-13-4-2-11(3-5-13)15-10-18-7-6-12-8-16(19)17(20)9-14(12)15;/h2-5,8-9,15,18-20H,6-7,10H2,1H3;1H. The first kappa shape index (κ1) is 17.2. The molecule has 0 aromatic heterocycles. The molecule has 118 valence electrons. The second kappa shape index (κ2) is 7.40. The summed E-state index contributed by atoms with van der Waals surface area (Å²) in [6.45, 7) is 1.73. The van der Waals surface area contributed by atoms with Gasteiger partial charge in [0.15, 0.2) is 11.5 Å². The highest BCUT2D eigenvalue weighted by Gasteiger charge is 2.22. The van der Waals surface area contributed by atoms with Gasteiger partial charge in [0.1, 0.15) is 0 Å². The molecule has 0 fully saturated rings. The Morgan fingerprint density at radius 3 is 2.45 bits per heavy atom. The maximum Gasteiger partial charge on any atom is 0.157 e. The molecule has 3 rings (SSSR count). The minimum atomic E-state index is -0.0404. The van der Waals surface area contributed by atoms with Gasteiger partial charge in [-0.1, -0.05) is 12.1 Å². The molecule has 2 aromatic rings. The molecule has 0 spiro atoms. The largest absolute Gasteiger partial charge is 0.504 e. The number of hydrogen-bond acceptors (Lipinski definition) is 4. The zero-order valence-electron chi connectivity index (χ0n) is 12.4. The molecule has 22 heavy (non-hydrogen) atoms. The molecule has 0 saturated heterocycles. The first-order valence-electron chi connectivity index (χ1n) is 7.08. The van der Waals surface area contributed by atoms with Gasteiger partial charge < -0.3 is 15.5 Å². The molecule has 0 amide bonds. The van der Waals surface area contributed by atoms with Gasteiger partial charge in [-0.05, 0) is 60.2 Å². The SMILES string of the molecule is Br.CSc1ccc(C2CNCCc3cc(O)c(O)cc32)cc1. The van der Waals surface area contributed by atoms with Gasteiger partial charge in [0, 0.05) is 17.4 Å². The molecule has 1 aliphatic heterocycles. The summed E-state index contributed by atoms with van der Waals surface area (Å²) < 4.78 is 0. The Morgan fingerprint density at radius 1 is 1.09 bits per heavy atom. The van der Waals surface area contributed by atoms with Crippen LogP contribution in [0.4, 0.5) is 0 Å². The lowest BCUT2D eigenvalue weighted by molar-refractivity contribution is 0.402.